The molecule has 0 aliphatic rings. The Labute approximate surface area is 76.6 Å². The Morgan fingerprint density at radius 2 is 2.00 bits per heavy atom. The molecule has 0 aliphatic heterocycles. The van der Waals surface area contributed by atoms with Gasteiger partial charge in [-0.2, -0.15) is 0 Å². The molecule has 1 rings (SSSR count). The van der Waals surface area contributed by atoms with Crippen LogP contribution in [-0.2, 0) is 10.4 Å². The Morgan fingerprint density at radius 1 is 1.46 bits per heavy atom. The molecule has 1 N–H and O–H groups in total. The molecule has 0 heterocycles. The summed E-state index contributed by atoms with van der Waals surface area (Å²) in [6.45, 7) is 1.46. The maximum atomic E-state index is 10.3. The van der Waals surface area contributed by atoms with E-state index in [1.54, 1.807) is 30.3 Å². The first-order chi connectivity index (χ1) is 6.02. The van der Waals surface area contributed by atoms with Gasteiger partial charge in [-0.1, -0.05) is 30.3 Å². The fraction of sp³-hybridized carbons (Fsp3) is 0.300. The van der Waals surface area contributed by atoms with Crippen molar-refractivity contribution in [3.8, 4) is 0 Å². The second kappa shape index (κ2) is 3.58. The summed E-state index contributed by atoms with van der Waals surface area (Å²) < 4.78 is 0. The fourth-order valence-electron chi connectivity index (χ4n) is 1.18. The molecule has 0 aliphatic carbocycles. The number of hydrogen-bond donors (Lipinski definition) is 1. The summed E-state index contributed by atoms with van der Waals surface area (Å²) in [5.74, 6) is -1.26. The lowest BCUT2D eigenvalue weighted by atomic mass is 9.93. The highest BCUT2D eigenvalue weighted by atomic mass is 16.4. The van der Waals surface area contributed by atoms with Crippen LogP contribution in [-0.4, -0.2) is 11.1 Å². The smallest absolute Gasteiger partial charge is 0.0920 e. The largest absolute Gasteiger partial charge is 0.550 e. The van der Waals surface area contributed by atoms with Gasteiger partial charge in [-0.25, -0.2) is 0 Å². The number of aliphatic hydroxyl groups is 1. The van der Waals surface area contributed by atoms with E-state index in [9.17, 15) is 15.0 Å². The molecule has 1 aromatic rings. The van der Waals surface area contributed by atoms with E-state index in [4.69, 9.17) is 0 Å². The van der Waals surface area contributed by atoms with Gasteiger partial charge >= 0.3 is 0 Å². The van der Waals surface area contributed by atoms with Crippen molar-refractivity contribution in [2.24, 2.45) is 0 Å². The third-order valence-corrected chi connectivity index (χ3v) is 1.88. The van der Waals surface area contributed by atoms with E-state index < -0.39 is 18.0 Å². The van der Waals surface area contributed by atoms with Gasteiger partial charge in [0.25, 0.3) is 0 Å². The predicted molar refractivity (Wildman–Crippen MR) is 45.6 cm³/mol. The molecule has 13 heavy (non-hydrogen) atoms. The third-order valence-electron chi connectivity index (χ3n) is 1.88. The lowest BCUT2D eigenvalue weighted by Crippen LogP contribution is -2.33. The van der Waals surface area contributed by atoms with Gasteiger partial charge in [0.1, 0.15) is 0 Å². The van der Waals surface area contributed by atoms with Gasteiger partial charge in [0, 0.05) is 12.4 Å². The molecule has 1 aromatic carbocycles. The quantitative estimate of drug-likeness (QED) is 0.712. The van der Waals surface area contributed by atoms with Crippen molar-refractivity contribution in [2.75, 3.05) is 0 Å². The first kappa shape index (κ1) is 9.74. The molecule has 0 bridgehead atoms. The van der Waals surface area contributed by atoms with Gasteiger partial charge in [0.2, 0.25) is 0 Å². The van der Waals surface area contributed by atoms with Crippen LogP contribution >= 0.6 is 0 Å². The lowest BCUT2D eigenvalue weighted by Gasteiger charge is -2.24. The van der Waals surface area contributed by atoms with Gasteiger partial charge in [0.05, 0.1) is 5.60 Å². The molecule has 0 fully saturated rings. The second-order valence-electron chi connectivity index (χ2n) is 3.19. The summed E-state index contributed by atoms with van der Waals surface area (Å²) in [6.07, 6.45) is -0.392. The van der Waals surface area contributed by atoms with Crippen LogP contribution in [0.4, 0.5) is 0 Å². The van der Waals surface area contributed by atoms with E-state index in [-0.39, 0.29) is 0 Å². The number of aliphatic carboxylic acids is 1. The molecule has 3 nitrogen and oxygen atoms in total. The summed E-state index contributed by atoms with van der Waals surface area (Å²) in [5, 5.41) is 20.1. The molecule has 0 saturated carbocycles. The van der Waals surface area contributed by atoms with Crippen LogP contribution in [0.3, 0.4) is 0 Å². The number of carboxylic acid groups (broad SMARTS) is 1. The minimum Gasteiger partial charge on any atom is -0.550 e. The second-order valence-corrected chi connectivity index (χ2v) is 3.19. The summed E-state index contributed by atoms with van der Waals surface area (Å²) >= 11 is 0. The van der Waals surface area contributed by atoms with Crippen molar-refractivity contribution in [3.63, 3.8) is 0 Å². The average molecular weight is 179 g/mol. The van der Waals surface area contributed by atoms with Crippen LogP contribution in [0.5, 0.6) is 0 Å². The lowest BCUT2D eigenvalue weighted by molar-refractivity contribution is -0.309. The van der Waals surface area contributed by atoms with E-state index in [0.29, 0.717) is 5.56 Å². The summed E-state index contributed by atoms with van der Waals surface area (Å²) in [7, 11) is 0. The highest BCUT2D eigenvalue weighted by Gasteiger charge is 2.22. The number of carboxylic acids is 1. The first-order valence-corrected chi connectivity index (χ1v) is 4.00. The minimum absolute atomic E-state index is 0.392. The van der Waals surface area contributed by atoms with E-state index in [2.05, 4.69) is 0 Å². The van der Waals surface area contributed by atoms with Crippen LogP contribution < -0.4 is 5.11 Å². The molecule has 0 spiro atoms. The van der Waals surface area contributed by atoms with Gasteiger partial charge in [-0.05, 0) is 12.5 Å². The summed E-state index contributed by atoms with van der Waals surface area (Å²) in [5.41, 5.74) is -0.765. The van der Waals surface area contributed by atoms with Crippen LogP contribution in [0.25, 0.3) is 0 Å². The summed E-state index contributed by atoms with van der Waals surface area (Å²) in [6, 6.07) is 8.67. The Morgan fingerprint density at radius 3 is 2.46 bits per heavy atom. The third kappa shape index (κ3) is 2.56. The maximum Gasteiger partial charge on any atom is 0.0920 e. The van der Waals surface area contributed by atoms with Crippen molar-refractivity contribution in [1.29, 1.82) is 0 Å². The van der Waals surface area contributed by atoms with Crippen LogP contribution in [0.2, 0.25) is 0 Å². The number of hydrogen-bond acceptors (Lipinski definition) is 3. The highest BCUT2D eigenvalue weighted by Crippen LogP contribution is 2.23. The zero-order chi connectivity index (χ0) is 9.90. The first-order valence-electron chi connectivity index (χ1n) is 4.00. The Balaban J connectivity index is 2.87. The van der Waals surface area contributed by atoms with E-state index in [0.717, 1.165) is 0 Å². The van der Waals surface area contributed by atoms with Crippen LogP contribution in [0, 0.1) is 0 Å². The minimum atomic E-state index is -1.35. The van der Waals surface area contributed by atoms with Crippen molar-refractivity contribution >= 4 is 5.97 Å². The topological polar surface area (TPSA) is 60.4 Å². The molecule has 3 heteroatoms. The van der Waals surface area contributed by atoms with Crippen molar-refractivity contribution in [3.05, 3.63) is 35.9 Å². The Kier molecular flexibility index (Phi) is 2.68. The average Bonchev–Trinajstić information content (AvgIpc) is 2.04. The number of carbonyl (C=O) groups is 1. The van der Waals surface area contributed by atoms with E-state index >= 15 is 0 Å². The molecule has 0 radical (unpaired) electrons. The fourth-order valence-corrected chi connectivity index (χ4v) is 1.18. The zero-order valence-corrected chi connectivity index (χ0v) is 7.36. The van der Waals surface area contributed by atoms with Gasteiger partial charge in [-0.3, -0.25) is 0 Å². The molecule has 0 saturated heterocycles. The van der Waals surface area contributed by atoms with E-state index in [1.807, 2.05) is 0 Å². The molecular formula is C10H11O3-. The van der Waals surface area contributed by atoms with E-state index in [1.165, 1.54) is 6.92 Å². The van der Waals surface area contributed by atoms with Crippen molar-refractivity contribution in [1.82, 2.24) is 0 Å². The Hall–Kier alpha value is -1.35. The van der Waals surface area contributed by atoms with Gasteiger partial charge < -0.3 is 15.0 Å². The van der Waals surface area contributed by atoms with Gasteiger partial charge in [-0.15, -0.1) is 0 Å². The molecule has 70 valence electrons. The molecule has 0 amide bonds. The molecular weight excluding hydrogens is 168 g/mol. The van der Waals surface area contributed by atoms with Crippen molar-refractivity contribution in [2.45, 2.75) is 18.9 Å². The summed E-state index contributed by atoms with van der Waals surface area (Å²) in [4.78, 5) is 10.3. The zero-order valence-electron chi connectivity index (χ0n) is 7.36. The number of rotatable bonds is 3. The highest BCUT2D eigenvalue weighted by molar-refractivity contribution is 5.66. The normalized spacial score (nSPS) is 14.9. The van der Waals surface area contributed by atoms with Crippen molar-refractivity contribution < 1.29 is 15.0 Å². The molecule has 1 atom stereocenters. The maximum absolute atomic E-state index is 10.3. The van der Waals surface area contributed by atoms with Crippen LogP contribution in [0.15, 0.2) is 30.3 Å². The number of carbonyl (C=O) groups excluding carboxylic acids is 1. The van der Waals surface area contributed by atoms with Gasteiger partial charge in [0.15, 0.2) is 0 Å². The monoisotopic (exact) mass is 179 g/mol. The Bertz CT molecular complexity index is 290. The standard InChI is InChI=1S/C10H12O3/c1-10(13,7-9(11)12)8-5-3-2-4-6-8/h2-6,13H,7H2,1H3,(H,11,12)/p-1. The SMILES string of the molecule is CC(O)(CC(=O)[O-])c1ccccc1. The molecule has 0 aromatic heterocycles. The van der Waals surface area contributed by atoms with Crippen LogP contribution in [0.1, 0.15) is 18.9 Å². The number of benzene rings is 1. The molecule has 1 unspecified atom stereocenters. The predicted octanol–water partition coefficient (Wildman–Crippen LogP) is 0.0341.